The molecule has 0 amide bonds. The van der Waals surface area contributed by atoms with E-state index in [0.717, 1.165) is 33.2 Å². The van der Waals surface area contributed by atoms with E-state index in [4.69, 9.17) is 4.74 Å². The molecule has 0 saturated carbocycles. The van der Waals surface area contributed by atoms with Gasteiger partial charge in [0.05, 0.1) is 23.2 Å². The molecule has 1 aromatic heterocycles. The topological polar surface area (TPSA) is 65.4 Å². The monoisotopic (exact) mass is 523 g/mol. The van der Waals surface area contributed by atoms with E-state index in [2.05, 4.69) is 0 Å². The summed E-state index contributed by atoms with van der Waals surface area (Å²) in [5, 5.41) is 0.743. The molecule has 0 bridgehead atoms. The van der Waals surface area contributed by atoms with E-state index in [-0.39, 0.29) is 17.1 Å². The summed E-state index contributed by atoms with van der Waals surface area (Å²) in [4.78, 5) is 13.5. The maximum absolute atomic E-state index is 14.1. The minimum absolute atomic E-state index is 0.0132. The number of hydrogen-bond acceptors (Lipinski definition) is 4. The molecule has 0 spiro atoms. The Morgan fingerprint density at radius 2 is 1.39 bits per heavy atom. The third-order valence-electron chi connectivity index (χ3n) is 6.94. The average Bonchev–Trinajstić information content (AvgIpc) is 3.32. The molecule has 0 N–H and O–H groups in total. The Bertz CT molecular complexity index is 1750. The van der Waals surface area contributed by atoms with Gasteiger partial charge in [0.15, 0.2) is 5.78 Å². The van der Waals surface area contributed by atoms with Crippen LogP contribution in [0.5, 0.6) is 5.75 Å². The molecule has 38 heavy (non-hydrogen) atoms. The summed E-state index contributed by atoms with van der Waals surface area (Å²) in [6.07, 6.45) is 0.170. The molecule has 0 unspecified atom stereocenters. The number of aromatic nitrogens is 1. The zero-order valence-corrected chi connectivity index (χ0v) is 22.7. The van der Waals surface area contributed by atoms with Crippen molar-refractivity contribution in [2.24, 2.45) is 0 Å². The van der Waals surface area contributed by atoms with Crippen molar-refractivity contribution in [1.82, 2.24) is 3.97 Å². The highest BCUT2D eigenvalue weighted by Gasteiger charge is 2.26. The number of hydrogen-bond donors (Lipinski definition) is 0. The molecule has 6 heteroatoms. The first-order valence-corrected chi connectivity index (χ1v) is 13.8. The molecule has 1 heterocycles. The van der Waals surface area contributed by atoms with Crippen molar-refractivity contribution in [2.75, 3.05) is 7.11 Å². The van der Waals surface area contributed by atoms with Gasteiger partial charge in [-0.2, -0.15) is 0 Å². The molecule has 0 fully saturated rings. The van der Waals surface area contributed by atoms with Crippen LogP contribution in [0.4, 0.5) is 0 Å². The van der Waals surface area contributed by atoms with Gasteiger partial charge in [-0.1, -0.05) is 53.6 Å². The minimum atomic E-state index is -3.95. The molecule has 5 rings (SSSR count). The zero-order chi connectivity index (χ0) is 27.0. The summed E-state index contributed by atoms with van der Waals surface area (Å²) in [6.45, 7) is 5.86. The van der Waals surface area contributed by atoms with Gasteiger partial charge in [-0.25, -0.2) is 12.4 Å². The second-order valence-electron chi connectivity index (χ2n) is 9.60. The molecule has 0 aliphatic heterocycles. The van der Waals surface area contributed by atoms with Gasteiger partial charge in [0.25, 0.3) is 10.0 Å². The third-order valence-corrected chi connectivity index (χ3v) is 8.68. The molecule has 0 radical (unpaired) electrons. The van der Waals surface area contributed by atoms with Crippen LogP contribution in [0.15, 0.2) is 95.9 Å². The van der Waals surface area contributed by atoms with E-state index in [9.17, 15) is 13.2 Å². The van der Waals surface area contributed by atoms with E-state index in [1.165, 1.54) is 3.97 Å². The lowest BCUT2D eigenvalue weighted by Gasteiger charge is -2.14. The number of ether oxygens (including phenoxy) is 1. The average molecular weight is 524 g/mol. The van der Waals surface area contributed by atoms with Crippen LogP contribution in [0.1, 0.15) is 32.6 Å². The Hall–Kier alpha value is -4.16. The van der Waals surface area contributed by atoms with Gasteiger partial charge in [-0.05, 0) is 86.0 Å². The van der Waals surface area contributed by atoms with Gasteiger partial charge in [-0.3, -0.25) is 4.79 Å². The number of fused-ring (bicyclic) bond motifs is 1. The molecule has 0 aliphatic rings. The van der Waals surface area contributed by atoms with Crippen molar-refractivity contribution in [1.29, 1.82) is 0 Å². The fraction of sp³-hybridized carbons (Fsp3) is 0.156. The van der Waals surface area contributed by atoms with Crippen molar-refractivity contribution in [3.8, 4) is 17.0 Å². The maximum atomic E-state index is 14.1. The van der Waals surface area contributed by atoms with E-state index in [0.29, 0.717) is 22.5 Å². The molecule has 5 aromatic rings. The number of ketones is 1. The Kier molecular flexibility index (Phi) is 6.67. The summed E-state index contributed by atoms with van der Waals surface area (Å²) in [5.41, 5.74) is 6.24. The van der Waals surface area contributed by atoms with Crippen LogP contribution in [-0.2, 0) is 16.4 Å². The molecule has 5 nitrogen and oxygen atoms in total. The summed E-state index contributed by atoms with van der Waals surface area (Å²) < 4.78 is 34.9. The van der Waals surface area contributed by atoms with Crippen LogP contribution in [0, 0.1) is 20.8 Å². The molecule has 0 atom stereocenters. The number of methoxy groups -OCH3 is 1. The van der Waals surface area contributed by atoms with Gasteiger partial charge in [0.1, 0.15) is 5.75 Å². The van der Waals surface area contributed by atoms with Gasteiger partial charge in [-0.15, -0.1) is 0 Å². The van der Waals surface area contributed by atoms with Crippen LogP contribution in [0.3, 0.4) is 0 Å². The smallest absolute Gasteiger partial charge is 0.268 e. The number of benzene rings is 4. The van der Waals surface area contributed by atoms with Crippen molar-refractivity contribution in [3.63, 3.8) is 0 Å². The summed E-state index contributed by atoms with van der Waals surface area (Å²) >= 11 is 0. The molecule has 192 valence electrons. The highest BCUT2D eigenvalue weighted by Crippen LogP contribution is 2.36. The highest BCUT2D eigenvalue weighted by atomic mass is 32.2. The van der Waals surface area contributed by atoms with E-state index in [1.807, 2.05) is 87.5 Å². The van der Waals surface area contributed by atoms with Crippen LogP contribution in [0.2, 0.25) is 0 Å². The van der Waals surface area contributed by atoms with E-state index in [1.54, 1.807) is 31.4 Å². The van der Waals surface area contributed by atoms with Gasteiger partial charge in [0, 0.05) is 17.4 Å². The van der Waals surface area contributed by atoms with Gasteiger partial charge >= 0.3 is 0 Å². The molecular formula is C32H29NO4S. The Morgan fingerprint density at radius 3 is 2.00 bits per heavy atom. The second kappa shape index (κ2) is 9.95. The van der Waals surface area contributed by atoms with Crippen molar-refractivity contribution >= 4 is 26.7 Å². The van der Waals surface area contributed by atoms with E-state index < -0.39 is 10.0 Å². The fourth-order valence-electron chi connectivity index (χ4n) is 4.70. The number of aryl methyl sites for hydroxylation is 3. The highest BCUT2D eigenvalue weighted by molar-refractivity contribution is 7.90. The van der Waals surface area contributed by atoms with Crippen LogP contribution in [0.25, 0.3) is 22.2 Å². The predicted octanol–water partition coefficient (Wildman–Crippen LogP) is 6.90. The number of carbonyl (C=O) groups is 1. The van der Waals surface area contributed by atoms with Crippen LogP contribution >= 0.6 is 0 Å². The quantitative estimate of drug-likeness (QED) is 0.218. The largest absolute Gasteiger partial charge is 0.497 e. The number of Topliss-reactive ketones (excluding diaryl/α,β-unsaturated/α-hetero) is 1. The lowest BCUT2D eigenvalue weighted by molar-refractivity contribution is 0.0993. The van der Waals surface area contributed by atoms with Gasteiger partial charge < -0.3 is 4.74 Å². The SMILES string of the molecule is COc1ccc(-c2cc3c(CC(=O)c4ccc(C)cc4)c(C)ccc3n2S(=O)(=O)c2ccc(C)cc2)cc1. The standard InChI is InChI=1S/C32H29NO4S/c1-21-5-10-25(11-6-21)32(34)20-28-23(3)9-18-30-29(28)19-31(24-12-14-26(37-4)15-13-24)33(30)38(35,36)27-16-7-22(2)8-17-27/h5-19H,20H2,1-4H3. The van der Waals surface area contributed by atoms with Crippen LogP contribution < -0.4 is 4.74 Å². The van der Waals surface area contributed by atoms with Crippen molar-refractivity contribution < 1.29 is 17.9 Å². The summed E-state index contributed by atoms with van der Waals surface area (Å²) in [6, 6.07) is 27.3. The summed E-state index contributed by atoms with van der Waals surface area (Å²) in [7, 11) is -2.36. The first kappa shape index (κ1) is 25.5. The van der Waals surface area contributed by atoms with Crippen LogP contribution in [-0.4, -0.2) is 25.3 Å². The number of nitrogens with zero attached hydrogens (tertiary/aromatic N) is 1. The summed E-state index contributed by atoms with van der Waals surface area (Å²) in [5.74, 6) is 0.666. The first-order chi connectivity index (χ1) is 18.2. The molecular weight excluding hydrogens is 494 g/mol. The number of carbonyl (C=O) groups excluding carboxylic acids is 1. The lowest BCUT2D eigenvalue weighted by atomic mass is 9.96. The Morgan fingerprint density at radius 1 is 0.789 bits per heavy atom. The van der Waals surface area contributed by atoms with Crippen molar-refractivity contribution in [2.45, 2.75) is 32.1 Å². The van der Waals surface area contributed by atoms with Crippen molar-refractivity contribution in [3.05, 3.63) is 119 Å². The lowest BCUT2D eigenvalue weighted by Crippen LogP contribution is -2.14. The normalized spacial score (nSPS) is 11.6. The Labute approximate surface area is 223 Å². The predicted molar refractivity (Wildman–Crippen MR) is 152 cm³/mol. The third kappa shape index (κ3) is 4.63. The second-order valence-corrected chi connectivity index (χ2v) is 11.4. The molecule has 0 saturated heterocycles. The number of rotatable bonds is 7. The van der Waals surface area contributed by atoms with E-state index >= 15 is 0 Å². The fourth-order valence-corrected chi connectivity index (χ4v) is 6.22. The minimum Gasteiger partial charge on any atom is -0.497 e. The molecule has 0 aliphatic carbocycles. The first-order valence-electron chi connectivity index (χ1n) is 12.4. The molecule has 4 aromatic carbocycles. The van der Waals surface area contributed by atoms with Gasteiger partial charge in [0.2, 0.25) is 0 Å². The zero-order valence-electron chi connectivity index (χ0n) is 21.9. The maximum Gasteiger partial charge on any atom is 0.268 e. The Balaban J connectivity index is 1.73.